The number of rotatable bonds is 7. The molecule has 124 valence electrons. The summed E-state index contributed by atoms with van der Waals surface area (Å²) in [5, 5.41) is 0.622. The Balaban J connectivity index is 2.56. The molecule has 0 spiro atoms. The summed E-state index contributed by atoms with van der Waals surface area (Å²) < 4.78 is 3.16. The number of fused-ring (bicyclic) bond motifs is 1. The molecule has 0 aliphatic rings. The summed E-state index contributed by atoms with van der Waals surface area (Å²) in [5.74, 6) is 0. The van der Waals surface area contributed by atoms with Gasteiger partial charge in [0.05, 0.1) is 10.9 Å². The van der Waals surface area contributed by atoms with Gasteiger partial charge in [0, 0.05) is 12.6 Å². The highest BCUT2D eigenvalue weighted by atomic mass is 16.2. The van der Waals surface area contributed by atoms with E-state index in [2.05, 4.69) is 19.1 Å². The lowest BCUT2D eigenvalue weighted by Gasteiger charge is -2.19. The average Bonchev–Trinajstić information content (AvgIpc) is 2.57. The minimum absolute atomic E-state index is 0.0566. The normalized spacial score (nSPS) is 13.0. The molecule has 0 saturated carbocycles. The number of hydrogen-bond donors (Lipinski definition) is 0. The third kappa shape index (κ3) is 3.46. The number of allylic oxidation sites excluding steroid dienone is 2. The van der Waals surface area contributed by atoms with E-state index in [0.29, 0.717) is 11.9 Å². The molecule has 1 unspecified atom stereocenters. The van der Waals surface area contributed by atoms with Crippen molar-refractivity contribution in [1.82, 2.24) is 9.13 Å². The van der Waals surface area contributed by atoms with Crippen molar-refractivity contribution in [3.63, 3.8) is 0 Å². The van der Waals surface area contributed by atoms with Gasteiger partial charge >= 0.3 is 5.69 Å². The molecule has 1 aromatic heterocycles. The molecular formula is C19H26N2O2. The van der Waals surface area contributed by atoms with Crippen molar-refractivity contribution >= 4 is 10.9 Å². The monoisotopic (exact) mass is 314 g/mol. The van der Waals surface area contributed by atoms with E-state index in [-0.39, 0.29) is 17.3 Å². The lowest BCUT2D eigenvalue weighted by atomic mass is 10.1. The predicted octanol–water partition coefficient (Wildman–Crippen LogP) is 3.88. The van der Waals surface area contributed by atoms with Gasteiger partial charge in [-0.15, -0.1) is 0 Å². The van der Waals surface area contributed by atoms with E-state index in [0.717, 1.165) is 31.2 Å². The summed E-state index contributed by atoms with van der Waals surface area (Å²) in [7, 11) is 0. The van der Waals surface area contributed by atoms with Crippen molar-refractivity contribution in [2.45, 2.75) is 59.0 Å². The lowest BCUT2D eigenvalue weighted by molar-refractivity contribution is 0.416. The number of para-hydroxylation sites is 1. The summed E-state index contributed by atoms with van der Waals surface area (Å²) in [5.41, 5.74) is 0.367. The maximum Gasteiger partial charge on any atom is 0.331 e. The van der Waals surface area contributed by atoms with Gasteiger partial charge < -0.3 is 0 Å². The Morgan fingerprint density at radius 3 is 2.48 bits per heavy atom. The minimum atomic E-state index is -0.192. The van der Waals surface area contributed by atoms with Gasteiger partial charge in [-0.25, -0.2) is 4.79 Å². The van der Waals surface area contributed by atoms with Gasteiger partial charge in [0.15, 0.2) is 0 Å². The second-order valence-electron chi connectivity index (χ2n) is 5.74. The van der Waals surface area contributed by atoms with Gasteiger partial charge in [-0.1, -0.05) is 38.1 Å². The zero-order valence-electron chi connectivity index (χ0n) is 14.3. The molecule has 1 heterocycles. The molecule has 0 aliphatic heterocycles. The summed E-state index contributed by atoms with van der Waals surface area (Å²) in [6.07, 6.45) is 7.74. The van der Waals surface area contributed by atoms with Gasteiger partial charge in [-0.2, -0.15) is 0 Å². The van der Waals surface area contributed by atoms with Crippen LogP contribution in [0.5, 0.6) is 0 Å². The fraction of sp³-hybridized carbons (Fsp3) is 0.474. The quantitative estimate of drug-likeness (QED) is 0.728. The molecule has 0 fully saturated rings. The van der Waals surface area contributed by atoms with Crippen LogP contribution in [0.4, 0.5) is 0 Å². The molecule has 0 aliphatic carbocycles. The Morgan fingerprint density at radius 1 is 1.09 bits per heavy atom. The number of nitrogens with zero attached hydrogens (tertiary/aromatic N) is 2. The zero-order chi connectivity index (χ0) is 16.8. The van der Waals surface area contributed by atoms with Crippen LogP contribution in [0.2, 0.25) is 0 Å². The van der Waals surface area contributed by atoms with E-state index in [1.165, 1.54) is 4.57 Å². The van der Waals surface area contributed by atoms with Crippen LogP contribution in [0.25, 0.3) is 10.9 Å². The van der Waals surface area contributed by atoms with Gasteiger partial charge in [-0.3, -0.25) is 13.9 Å². The third-order valence-corrected chi connectivity index (χ3v) is 4.30. The maximum absolute atomic E-state index is 12.8. The largest absolute Gasteiger partial charge is 0.331 e. The van der Waals surface area contributed by atoms with E-state index >= 15 is 0 Å². The Bertz CT molecular complexity index is 799. The summed E-state index contributed by atoms with van der Waals surface area (Å²) in [6.45, 7) is 6.63. The van der Waals surface area contributed by atoms with Crippen molar-refractivity contribution in [2.75, 3.05) is 0 Å². The van der Waals surface area contributed by atoms with Crippen LogP contribution in [-0.4, -0.2) is 9.13 Å². The second-order valence-corrected chi connectivity index (χ2v) is 5.74. The number of benzene rings is 1. The molecule has 2 rings (SSSR count). The average molecular weight is 314 g/mol. The van der Waals surface area contributed by atoms with Gasteiger partial charge in [-0.05, 0) is 44.7 Å². The van der Waals surface area contributed by atoms with Gasteiger partial charge in [0.1, 0.15) is 0 Å². The second kappa shape index (κ2) is 7.95. The highest BCUT2D eigenvalue weighted by Gasteiger charge is 2.17. The molecule has 2 aromatic rings. The first-order valence-corrected chi connectivity index (χ1v) is 8.54. The standard InChI is InChI=1S/C19H26N2O2/c1-4-7-8-9-12-15(5-2)21-18(22)16-13-10-11-14-17(16)20(6-3)19(21)23/h7-8,10-11,13-15H,4-6,9,12H2,1-3H3. The van der Waals surface area contributed by atoms with E-state index in [1.54, 1.807) is 4.57 Å². The Kier molecular flexibility index (Phi) is 5.97. The fourth-order valence-corrected chi connectivity index (χ4v) is 3.06. The molecule has 1 aromatic carbocycles. The van der Waals surface area contributed by atoms with Crippen molar-refractivity contribution in [3.05, 3.63) is 57.3 Å². The van der Waals surface area contributed by atoms with E-state index in [1.807, 2.05) is 38.1 Å². The molecule has 4 heteroatoms. The van der Waals surface area contributed by atoms with E-state index in [4.69, 9.17) is 0 Å². The minimum Gasteiger partial charge on any atom is -0.293 e. The van der Waals surface area contributed by atoms with Gasteiger partial charge in [0.2, 0.25) is 0 Å². The third-order valence-electron chi connectivity index (χ3n) is 4.30. The highest BCUT2D eigenvalue weighted by Crippen LogP contribution is 2.16. The Morgan fingerprint density at radius 2 is 1.83 bits per heavy atom. The molecular weight excluding hydrogens is 288 g/mol. The molecule has 0 amide bonds. The molecule has 4 nitrogen and oxygen atoms in total. The molecule has 0 bridgehead atoms. The molecule has 0 saturated heterocycles. The fourth-order valence-electron chi connectivity index (χ4n) is 3.06. The summed E-state index contributed by atoms with van der Waals surface area (Å²) in [6, 6.07) is 7.31. The van der Waals surface area contributed by atoms with Crippen LogP contribution in [0.15, 0.2) is 46.0 Å². The number of hydrogen-bond acceptors (Lipinski definition) is 2. The first-order valence-electron chi connectivity index (χ1n) is 8.54. The maximum atomic E-state index is 12.8. The Hall–Kier alpha value is -2.10. The van der Waals surface area contributed by atoms with Crippen LogP contribution >= 0.6 is 0 Å². The van der Waals surface area contributed by atoms with E-state index < -0.39 is 0 Å². The summed E-state index contributed by atoms with van der Waals surface area (Å²) >= 11 is 0. The highest BCUT2D eigenvalue weighted by molar-refractivity contribution is 5.77. The van der Waals surface area contributed by atoms with Crippen molar-refractivity contribution in [3.8, 4) is 0 Å². The molecule has 23 heavy (non-hydrogen) atoms. The van der Waals surface area contributed by atoms with Crippen LogP contribution in [0, 0.1) is 0 Å². The topological polar surface area (TPSA) is 44.0 Å². The smallest absolute Gasteiger partial charge is 0.293 e. The Labute approximate surface area is 137 Å². The first kappa shape index (κ1) is 17.3. The first-order chi connectivity index (χ1) is 11.2. The SMILES string of the molecule is CCC=CCCC(CC)n1c(=O)c2ccccc2n(CC)c1=O. The van der Waals surface area contributed by atoms with E-state index in [9.17, 15) is 9.59 Å². The van der Waals surface area contributed by atoms with Gasteiger partial charge in [0.25, 0.3) is 5.56 Å². The molecule has 1 atom stereocenters. The number of aryl methyl sites for hydroxylation is 1. The van der Waals surface area contributed by atoms with Crippen molar-refractivity contribution in [1.29, 1.82) is 0 Å². The molecule has 0 radical (unpaired) electrons. The van der Waals surface area contributed by atoms with Crippen LogP contribution in [0.3, 0.4) is 0 Å². The van der Waals surface area contributed by atoms with Crippen LogP contribution in [0.1, 0.15) is 52.5 Å². The van der Waals surface area contributed by atoms with Crippen molar-refractivity contribution in [2.24, 2.45) is 0 Å². The van der Waals surface area contributed by atoms with Crippen molar-refractivity contribution < 1.29 is 0 Å². The van der Waals surface area contributed by atoms with Crippen LogP contribution in [-0.2, 0) is 6.54 Å². The summed E-state index contributed by atoms with van der Waals surface area (Å²) in [4.78, 5) is 25.7. The molecule has 0 N–H and O–H groups in total. The lowest BCUT2D eigenvalue weighted by Crippen LogP contribution is -2.42. The zero-order valence-corrected chi connectivity index (χ0v) is 14.3. The number of aromatic nitrogens is 2. The van der Waals surface area contributed by atoms with Crippen LogP contribution < -0.4 is 11.2 Å². The predicted molar refractivity (Wildman–Crippen MR) is 96.1 cm³/mol.